The molecule has 1 unspecified atom stereocenters. The van der Waals surface area contributed by atoms with Gasteiger partial charge in [-0.05, 0) is 13.3 Å². The lowest BCUT2D eigenvalue weighted by atomic mass is 10.2. The number of nitrogens with two attached hydrogens (primary N) is 1. The van der Waals surface area contributed by atoms with E-state index in [1.165, 1.54) is 0 Å². The molecule has 0 aromatic rings. The van der Waals surface area contributed by atoms with Crippen molar-refractivity contribution >= 4 is 17.7 Å². The van der Waals surface area contributed by atoms with Gasteiger partial charge in [0.05, 0.1) is 6.61 Å². The van der Waals surface area contributed by atoms with Gasteiger partial charge in [0.1, 0.15) is 6.04 Å². The number of carbonyl (C=O) groups excluding carboxylic acids is 1. The van der Waals surface area contributed by atoms with Crippen LogP contribution < -0.4 is 5.73 Å². The molecule has 0 saturated heterocycles. The third-order valence-electron chi connectivity index (χ3n) is 1.28. The molecule has 0 aliphatic carbocycles. The summed E-state index contributed by atoms with van der Waals surface area (Å²) in [4.78, 5) is 10.9. The summed E-state index contributed by atoms with van der Waals surface area (Å²) in [6, 6.07) is -0.968. The second-order valence-electron chi connectivity index (χ2n) is 2.44. The molecule has 7 heteroatoms. The number of carbonyl (C=O) groups is 1. The Morgan fingerprint density at radius 1 is 1.57 bits per heavy atom. The van der Waals surface area contributed by atoms with Crippen LogP contribution in [0.25, 0.3) is 0 Å². The van der Waals surface area contributed by atoms with Crippen LogP contribution in [0.2, 0.25) is 0 Å². The summed E-state index contributed by atoms with van der Waals surface area (Å²) >= 11 is -0.190. The Morgan fingerprint density at radius 2 is 2.14 bits per heavy atom. The quantitative estimate of drug-likeness (QED) is 0.729. The van der Waals surface area contributed by atoms with Gasteiger partial charge in [0, 0.05) is 5.75 Å². The average molecular weight is 231 g/mol. The number of hydrogen-bond donors (Lipinski definition) is 1. The van der Waals surface area contributed by atoms with Crippen molar-refractivity contribution in [3.8, 4) is 0 Å². The third kappa shape index (κ3) is 7.02. The van der Waals surface area contributed by atoms with Crippen LogP contribution in [0.1, 0.15) is 13.3 Å². The normalized spacial score (nSPS) is 13.8. The molecule has 3 nitrogen and oxygen atoms in total. The molecule has 0 aromatic carbocycles. The number of esters is 1. The second kappa shape index (κ2) is 6.13. The molecule has 0 fully saturated rings. The highest BCUT2D eigenvalue weighted by atomic mass is 32.2. The van der Waals surface area contributed by atoms with Gasteiger partial charge in [-0.1, -0.05) is 11.8 Å². The first-order chi connectivity index (χ1) is 6.37. The number of rotatable bonds is 5. The van der Waals surface area contributed by atoms with Crippen LogP contribution in [0.5, 0.6) is 0 Å². The fourth-order valence-corrected chi connectivity index (χ4v) is 1.27. The Morgan fingerprint density at radius 3 is 2.57 bits per heavy atom. The summed E-state index contributed by atoms with van der Waals surface area (Å²) in [7, 11) is 0. The van der Waals surface area contributed by atoms with Crippen molar-refractivity contribution in [2.45, 2.75) is 24.9 Å². The van der Waals surface area contributed by atoms with Gasteiger partial charge in [0.15, 0.2) is 0 Å². The summed E-state index contributed by atoms with van der Waals surface area (Å²) in [6.45, 7) is 1.79. The summed E-state index contributed by atoms with van der Waals surface area (Å²) < 4.78 is 39.5. The Bertz CT molecular complexity index is 186. The van der Waals surface area contributed by atoms with Crippen molar-refractivity contribution in [1.29, 1.82) is 0 Å². The van der Waals surface area contributed by atoms with Gasteiger partial charge >= 0.3 is 11.5 Å². The fourth-order valence-electron chi connectivity index (χ4n) is 0.669. The Balaban J connectivity index is 3.63. The summed E-state index contributed by atoms with van der Waals surface area (Å²) in [5, 5.41) is 0. The summed E-state index contributed by atoms with van der Waals surface area (Å²) in [5.74, 6) is -0.890. The predicted octanol–water partition coefficient (Wildman–Crippen LogP) is 1.52. The van der Waals surface area contributed by atoms with Crippen LogP contribution in [0.4, 0.5) is 13.2 Å². The molecule has 0 heterocycles. The van der Waals surface area contributed by atoms with Crippen LogP contribution in [0.15, 0.2) is 0 Å². The number of thioether (sulfide) groups is 1. The fraction of sp³-hybridized carbons (Fsp3) is 0.857. The standard InChI is InChI=1S/C7H12F3NO2S/c1-2-13-6(12)5(11)3-4-14-7(8,9)10/h5H,2-4,11H2,1H3. The molecule has 0 aliphatic heterocycles. The Kier molecular flexibility index (Phi) is 5.94. The lowest BCUT2D eigenvalue weighted by Crippen LogP contribution is -2.33. The minimum absolute atomic E-state index is 0.0387. The zero-order valence-corrected chi connectivity index (χ0v) is 8.45. The molecular formula is C7H12F3NO2S. The first kappa shape index (κ1) is 13.6. The third-order valence-corrected chi connectivity index (χ3v) is 2.05. The maximum absolute atomic E-state index is 11.7. The van der Waals surface area contributed by atoms with E-state index in [0.717, 1.165) is 0 Å². The lowest BCUT2D eigenvalue weighted by molar-refractivity contribution is -0.144. The number of halogens is 3. The van der Waals surface area contributed by atoms with Crippen molar-refractivity contribution in [1.82, 2.24) is 0 Å². The first-order valence-electron chi connectivity index (χ1n) is 3.99. The van der Waals surface area contributed by atoms with E-state index in [1.54, 1.807) is 6.92 Å². The molecule has 14 heavy (non-hydrogen) atoms. The van der Waals surface area contributed by atoms with Gasteiger partial charge in [0.25, 0.3) is 0 Å². The van der Waals surface area contributed by atoms with Gasteiger partial charge in [-0.3, -0.25) is 4.79 Å². The van der Waals surface area contributed by atoms with E-state index >= 15 is 0 Å². The van der Waals surface area contributed by atoms with E-state index in [2.05, 4.69) is 4.74 Å². The van der Waals surface area contributed by atoms with Crippen molar-refractivity contribution < 1.29 is 22.7 Å². The van der Waals surface area contributed by atoms with Gasteiger partial charge in [-0.2, -0.15) is 13.2 Å². The zero-order valence-electron chi connectivity index (χ0n) is 7.63. The molecule has 1 atom stereocenters. The molecule has 0 amide bonds. The van der Waals surface area contributed by atoms with Crippen LogP contribution >= 0.6 is 11.8 Å². The highest BCUT2D eigenvalue weighted by Gasteiger charge is 2.28. The van der Waals surface area contributed by atoms with E-state index in [9.17, 15) is 18.0 Å². The van der Waals surface area contributed by atoms with E-state index in [1.807, 2.05) is 0 Å². The second-order valence-corrected chi connectivity index (χ2v) is 3.60. The van der Waals surface area contributed by atoms with Gasteiger partial charge in [-0.15, -0.1) is 0 Å². The van der Waals surface area contributed by atoms with E-state index in [-0.39, 0.29) is 30.5 Å². The first-order valence-corrected chi connectivity index (χ1v) is 4.98. The van der Waals surface area contributed by atoms with Crippen molar-refractivity contribution in [2.75, 3.05) is 12.4 Å². The minimum Gasteiger partial charge on any atom is -0.465 e. The molecule has 0 spiro atoms. The van der Waals surface area contributed by atoms with E-state index in [4.69, 9.17) is 5.73 Å². The SMILES string of the molecule is CCOC(=O)C(N)CCSC(F)(F)F. The van der Waals surface area contributed by atoms with Gasteiger partial charge in [-0.25, -0.2) is 0 Å². The Hall–Kier alpha value is -0.430. The highest BCUT2D eigenvalue weighted by Crippen LogP contribution is 2.30. The maximum Gasteiger partial charge on any atom is 0.441 e. The molecule has 0 rings (SSSR count). The molecular weight excluding hydrogens is 219 g/mol. The largest absolute Gasteiger partial charge is 0.465 e. The molecule has 0 saturated carbocycles. The molecule has 2 N–H and O–H groups in total. The van der Waals surface area contributed by atoms with E-state index in [0.29, 0.717) is 0 Å². The predicted molar refractivity (Wildman–Crippen MR) is 47.7 cm³/mol. The number of ether oxygens (including phenoxy) is 1. The van der Waals surface area contributed by atoms with Crippen molar-refractivity contribution in [2.24, 2.45) is 5.73 Å². The van der Waals surface area contributed by atoms with Gasteiger partial charge < -0.3 is 10.5 Å². The molecule has 0 aromatic heterocycles. The van der Waals surface area contributed by atoms with Gasteiger partial charge in [0.2, 0.25) is 0 Å². The lowest BCUT2D eigenvalue weighted by Gasteiger charge is -2.10. The molecule has 84 valence electrons. The van der Waals surface area contributed by atoms with Crippen LogP contribution in [-0.2, 0) is 9.53 Å². The van der Waals surface area contributed by atoms with Crippen molar-refractivity contribution in [3.05, 3.63) is 0 Å². The highest BCUT2D eigenvalue weighted by molar-refractivity contribution is 8.00. The van der Waals surface area contributed by atoms with Crippen LogP contribution in [0, 0.1) is 0 Å². The molecule has 0 radical (unpaired) electrons. The zero-order chi connectivity index (χ0) is 11.2. The number of hydrogen-bond acceptors (Lipinski definition) is 4. The maximum atomic E-state index is 11.7. The topological polar surface area (TPSA) is 52.3 Å². The average Bonchev–Trinajstić information content (AvgIpc) is 2.02. The minimum atomic E-state index is -4.27. The summed E-state index contributed by atoms with van der Waals surface area (Å²) in [5.41, 5.74) is 1.01. The van der Waals surface area contributed by atoms with Crippen LogP contribution in [0.3, 0.4) is 0 Å². The smallest absolute Gasteiger partial charge is 0.441 e. The van der Waals surface area contributed by atoms with E-state index < -0.39 is 17.5 Å². The summed E-state index contributed by atoms with van der Waals surface area (Å²) in [6.07, 6.45) is -0.0387. The molecule has 0 aliphatic rings. The van der Waals surface area contributed by atoms with Crippen LogP contribution in [-0.4, -0.2) is 29.9 Å². The molecule has 0 bridgehead atoms. The number of alkyl halides is 3. The monoisotopic (exact) mass is 231 g/mol. The Labute approximate surface area is 84.2 Å². The van der Waals surface area contributed by atoms with Crippen molar-refractivity contribution in [3.63, 3.8) is 0 Å².